The second-order valence-corrected chi connectivity index (χ2v) is 7.20. The van der Waals surface area contributed by atoms with E-state index >= 15 is 0 Å². The van der Waals surface area contributed by atoms with Gasteiger partial charge in [-0.15, -0.1) is 0 Å². The highest BCUT2D eigenvalue weighted by molar-refractivity contribution is 6.52. The Kier molecular flexibility index (Phi) is 5.10. The molecule has 1 aromatic heterocycles. The Morgan fingerprint density at radius 2 is 1.83 bits per heavy atom. The molecule has 0 aliphatic carbocycles. The number of carbonyl (C=O) groups excluding carboxylic acids is 2. The molecular weight excluding hydrogens is 406 g/mol. The zero-order chi connectivity index (χ0) is 21.4. The summed E-state index contributed by atoms with van der Waals surface area (Å²) in [7, 11) is 1.53. The standard InChI is InChI=1S/C23H18ClNO5/c1-13-16(24)5-3-6-17(13)25-20(18-7-4-12-30-18)19(22(27)23(25)28)21(26)14-8-10-15(29-2)11-9-14/h3-12,20,26H,1-2H3/b21-19-. The maximum atomic E-state index is 13.0. The van der Waals surface area contributed by atoms with Crippen molar-refractivity contribution in [3.8, 4) is 5.75 Å². The number of nitrogens with zero attached hydrogens (tertiary/aromatic N) is 1. The normalized spacial score (nSPS) is 18.1. The molecule has 30 heavy (non-hydrogen) atoms. The summed E-state index contributed by atoms with van der Waals surface area (Å²) >= 11 is 6.25. The molecule has 1 atom stereocenters. The summed E-state index contributed by atoms with van der Waals surface area (Å²) < 4.78 is 10.7. The first-order chi connectivity index (χ1) is 14.4. The third-order valence-corrected chi connectivity index (χ3v) is 5.53. The number of furan rings is 1. The molecule has 0 radical (unpaired) electrons. The first kappa shape index (κ1) is 19.8. The topological polar surface area (TPSA) is 80.0 Å². The van der Waals surface area contributed by atoms with Crippen LogP contribution in [0.1, 0.15) is 22.9 Å². The van der Waals surface area contributed by atoms with Gasteiger partial charge in [0, 0.05) is 16.3 Å². The lowest BCUT2D eigenvalue weighted by Gasteiger charge is -2.25. The Hall–Kier alpha value is -3.51. The third-order valence-electron chi connectivity index (χ3n) is 5.12. The summed E-state index contributed by atoms with van der Waals surface area (Å²) in [5.74, 6) is -0.909. The first-order valence-electron chi connectivity index (χ1n) is 9.18. The predicted molar refractivity (Wildman–Crippen MR) is 113 cm³/mol. The van der Waals surface area contributed by atoms with Crippen LogP contribution in [0.5, 0.6) is 5.75 Å². The summed E-state index contributed by atoms with van der Waals surface area (Å²) in [6.07, 6.45) is 1.45. The van der Waals surface area contributed by atoms with Gasteiger partial charge in [-0.1, -0.05) is 17.7 Å². The highest BCUT2D eigenvalue weighted by Crippen LogP contribution is 2.44. The molecule has 1 fully saturated rings. The van der Waals surface area contributed by atoms with Gasteiger partial charge >= 0.3 is 0 Å². The molecule has 0 bridgehead atoms. The van der Waals surface area contributed by atoms with Crippen molar-refractivity contribution in [2.75, 3.05) is 12.0 Å². The second-order valence-electron chi connectivity index (χ2n) is 6.80. The third kappa shape index (κ3) is 3.15. The van der Waals surface area contributed by atoms with Gasteiger partial charge in [0.15, 0.2) is 0 Å². The maximum absolute atomic E-state index is 13.0. The Morgan fingerprint density at radius 1 is 1.10 bits per heavy atom. The number of rotatable bonds is 4. The van der Waals surface area contributed by atoms with E-state index in [1.54, 1.807) is 61.5 Å². The minimum absolute atomic E-state index is 0.0560. The highest BCUT2D eigenvalue weighted by Gasteiger charge is 2.48. The van der Waals surface area contributed by atoms with E-state index in [-0.39, 0.29) is 11.3 Å². The maximum Gasteiger partial charge on any atom is 0.300 e. The lowest BCUT2D eigenvalue weighted by Crippen LogP contribution is -2.30. The average molecular weight is 424 g/mol. The van der Waals surface area contributed by atoms with Crippen molar-refractivity contribution in [3.05, 3.63) is 88.3 Å². The fourth-order valence-corrected chi connectivity index (χ4v) is 3.73. The molecule has 3 aromatic rings. The van der Waals surface area contributed by atoms with Crippen molar-refractivity contribution < 1.29 is 23.8 Å². The number of anilines is 1. The van der Waals surface area contributed by atoms with E-state index in [0.29, 0.717) is 33.3 Å². The van der Waals surface area contributed by atoms with Crippen molar-refractivity contribution in [1.29, 1.82) is 0 Å². The molecule has 6 nitrogen and oxygen atoms in total. The van der Waals surface area contributed by atoms with E-state index in [1.807, 2.05) is 0 Å². The van der Waals surface area contributed by atoms with Crippen molar-refractivity contribution >= 4 is 34.7 Å². The first-order valence-corrected chi connectivity index (χ1v) is 9.55. The number of halogens is 1. The molecule has 1 aliphatic rings. The molecule has 152 valence electrons. The molecule has 2 aromatic carbocycles. The molecular formula is C23H18ClNO5. The Labute approximate surface area is 177 Å². The number of ketones is 1. The Morgan fingerprint density at radius 3 is 2.47 bits per heavy atom. The largest absolute Gasteiger partial charge is 0.507 e. The van der Waals surface area contributed by atoms with Gasteiger partial charge in [0.1, 0.15) is 23.3 Å². The lowest BCUT2D eigenvalue weighted by atomic mass is 9.99. The van der Waals surface area contributed by atoms with E-state index < -0.39 is 17.7 Å². The summed E-state index contributed by atoms with van der Waals surface area (Å²) in [5.41, 5.74) is 1.44. The summed E-state index contributed by atoms with van der Waals surface area (Å²) in [5, 5.41) is 11.5. The van der Waals surface area contributed by atoms with Crippen LogP contribution >= 0.6 is 11.6 Å². The van der Waals surface area contributed by atoms with Crippen LogP contribution in [0.2, 0.25) is 5.02 Å². The van der Waals surface area contributed by atoms with Crippen LogP contribution in [-0.4, -0.2) is 23.9 Å². The molecule has 1 N–H and O–H groups in total. The number of carbonyl (C=O) groups is 2. The zero-order valence-electron chi connectivity index (χ0n) is 16.3. The van der Waals surface area contributed by atoms with E-state index in [9.17, 15) is 14.7 Å². The van der Waals surface area contributed by atoms with Crippen LogP contribution in [0.15, 0.2) is 70.9 Å². The van der Waals surface area contributed by atoms with Gasteiger partial charge in [0.25, 0.3) is 11.7 Å². The molecule has 2 heterocycles. The summed E-state index contributed by atoms with van der Waals surface area (Å²) in [6.45, 7) is 1.76. The van der Waals surface area contributed by atoms with Crippen molar-refractivity contribution in [1.82, 2.24) is 0 Å². The molecule has 0 saturated carbocycles. The number of amides is 1. The zero-order valence-corrected chi connectivity index (χ0v) is 17.0. The predicted octanol–water partition coefficient (Wildman–Crippen LogP) is 4.88. The quantitative estimate of drug-likeness (QED) is 0.367. The minimum Gasteiger partial charge on any atom is -0.507 e. The van der Waals surface area contributed by atoms with Gasteiger partial charge in [-0.3, -0.25) is 14.5 Å². The number of Topliss-reactive ketones (excluding diaryl/α,β-unsaturated/α-hetero) is 1. The van der Waals surface area contributed by atoms with Crippen LogP contribution in [0.4, 0.5) is 5.69 Å². The van der Waals surface area contributed by atoms with Crippen LogP contribution in [-0.2, 0) is 9.59 Å². The van der Waals surface area contributed by atoms with E-state index in [1.165, 1.54) is 18.3 Å². The van der Waals surface area contributed by atoms with Gasteiger partial charge in [-0.25, -0.2) is 0 Å². The van der Waals surface area contributed by atoms with Crippen molar-refractivity contribution in [2.45, 2.75) is 13.0 Å². The molecule has 1 saturated heterocycles. The summed E-state index contributed by atoms with van der Waals surface area (Å²) in [4.78, 5) is 27.4. The minimum atomic E-state index is -0.931. The van der Waals surface area contributed by atoms with Crippen LogP contribution in [0.25, 0.3) is 5.76 Å². The smallest absolute Gasteiger partial charge is 0.300 e. The van der Waals surface area contributed by atoms with Gasteiger partial charge in [0.05, 0.1) is 18.9 Å². The van der Waals surface area contributed by atoms with E-state index in [2.05, 4.69) is 0 Å². The number of methoxy groups -OCH3 is 1. The lowest BCUT2D eigenvalue weighted by molar-refractivity contribution is -0.132. The molecule has 7 heteroatoms. The second kappa shape index (κ2) is 7.72. The molecule has 1 aliphatic heterocycles. The fraction of sp³-hybridized carbons (Fsp3) is 0.130. The van der Waals surface area contributed by atoms with Gasteiger partial charge in [0.2, 0.25) is 0 Å². The van der Waals surface area contributed by atoms with Gasteiger partial charge in [-0.05, 0) is 61.0 Å². The molecule has 1 unspecified atom stereocenters. The Balaban J connectivity index is 1.93. The van der Waals surface area contributed by atoms with E-state index in [0.717, 1.165) is 0 Å². The van der Waals surface area contributed by atoms with Crippen LogP contribution < -0.4 is 9.64 Å². The summed E-state index contributed by atoms with van der Waals surface area (Å²) in [6, 6.07) is 14.1. The van der Waals surface area contributed by atoms with Crippen molar-refractivity contribution in [2.24, 2.45) is 0 Å². The molecule has 0 spiro atoms. The molecule has 1 amide bonds. The number of hydrogen-bond donors (Lipinski definition) is 1. The fourth-order valence-electron chi connectivity index (χ4n) is 3.56. The Bertz CT molecular complexity index is 1150. The number of aliphatic hydroxyl groups excluding tert-OH is 1. The number of hydrogen-bond acceptors (Lipinski definition) is 5. The molecule has 4 rings (SSSR count). The highest BCUT2D eigenvalue weighted by atomic mass is 35.5. The number of benzene rings is 2. The van der Waals surface area contributed by atoms with Crippen LogP contribution in [0.3, 0.4) is 0 Å². The van der Waals surface area contributed by atoms with Gasteiger partial charge in [-0.2, -0.15) is 0 Å². The van der Waals surface area contributed by atoms with Gasteiger partial charge < -0.3 is 14.3 Å². The van der Waals surface area contributed by atoms with E-state index in [4.69, 9.17) is 20.8 Å². The monoisotopic (exact) mass is 423 g/mol. The number of ether oxygens (including phenoxy) is 1. The average Bonchev–Trinajstić information content (AvgIpc) is 3.37. The number of aliphatic hydroxyl groups is 1. The SMILES string of the molecule is COc1ccc(/C(O)=C2/C(=O)C(=O)N(c3cccc(Cl)c3C)C2c2ccco2)cc1. The van der Waals surface area contributed by atoms with Crippen molar-refractivity contribution in [3.63, 3.8) is 0 Å². The van der Waals surface area contributed by atoms with Crippen LogP contribution in [0, 0.1) is 6.92 Å².